The number of aromatic nitrogens is 2. The van der Waals surface area contributed by atoms with Crippen LogP contribution in [0.15, 0.2) is 54.9 Å². The normalized spacial score (nSPS) is 14.4. The molecule has 0 unspecified atom stereocenters. The minimum absolute atomic E-state index is 0.0386. The lowest BCUT2D eigenvalue weighted by Crippen LogP contribution is -2.31. The lowest BCUT2D eigenvalue weighted by molar-refractivity contribution is -0.660. The fraction of sp³-hybridized carbons (Fsp3) is 0.238. The van der Waals surface area contributed by atoms with Gasteiger partial charge in [-0.3, -0.25) is 4.98 Å². The van der Waals surface area contributed by atoms with Gasteiger partial charge in [-0.15, -0.1) is 0 Å². The molecule has 2 aromatic heterocycles. The molecular weight excluding hydrogens is 280 g/mol. The number of aryl methyl sites for hydroxylation is 2. The predicted octanol–water partition coefficient (Wildman–Crippen LogP) is 4.19. The lowest BCUT2D eigenvalue weighted by atomic mass is 9.78. The maximum atomic E-state index is 4.68. The average molecular weight is 301 g/mol. The molecule has 2 heteroatoms. The van der Waals surface area contributed by atoms with E-state index in [2.05, 4.69) is 80.0 Å². The summed E-state index contributed by atoms with van der Waals surface area (Å²) in [6.45, 7) is 6.82. The standard InChI is InChI=1S/C21H21N2/c1-14-10-11-15-19(18(14)17-9-5-6-13-23(17)4)21(2,3)16-8-7-12-22-20(15)16/h5-13H,1-4H3/q+1. The summed E-state index contributed by atoms with van der Waals surface area (Å²) >= 11 is 0. The average Bonchev–Trinajstić information content (AvgIpc) is 2.77. The van der Waals surface area contributed by atoms with Gasteiger partial charge < -0.3 is 0 Å². The number of hydrogen-bond acceptors (Lipinski definition) is 1. The quantitative estimate of drug-likeness (QED) is 0.616. The van der Waals surface area contributed by atoms with E-state index in [1.165, 1.54) is 33.5 Å². The van der Waals surface area contributed by atoms with Crippen LogP contribution in [-0.2, 0) is 12.5 Å². The zero-order valence-corrected chi connectivity index (χ0v) is 14.1. The monoisotopic (exact) mass is 301 g/mol. The Balaban J connectivity index is 2.12. The summed E-state index contributed by atoms with van der Waals surface area (Å²) in [4.78, 5) is 4.68. The minimum Gasteiger partial charge on any atom is -0.256 e. The second-order valence-corrected chi connectivity index (χ2v) is 6.90. The third-order valence-electron chi connectivity index (χ3n) is 5.09. The van der Waals surface area contributed by atoms with Crippen molar-refractivity contribution in [2.24, 2.45) is 7.05 Å². The molecule has 0 atom stereocenters. The second-order valence-electron chi connectivity index (χ2n) is 6.90. The molecule has 1 aliphatic carbocycles. The van der Waals surface area contributed by atoms with Crippen molar-refractivity contribution in [2.45, 2.75) is 26.2 Å². The highest BCUT2D eigenvalue weighted by Gasteiger charge is 2.40. The third-order valence-corrected chi connectivity index (χ3v) is 5.09. The fourth-order valence-electron chi connectivity index (χ4n) is 3.93. The SMILES string of the molecule is Cc1ccc2c(c1-c1cccc[n+]1C)C(C)(C)c1cccnc1-2. The van der Waals surface area contributed by atoms with Crippen molar-refractivity contribution in [2.75, 3.05) is 0 Å². The Morgan fingerprint density at radius 3 is 2.61 bits per heavy atom. The zero-order valence-electron chi connectivity index (χ0n) is 14.1. The molecule has 0 fully saturated rings. The first-order valence-corrected chi connectivity index (χ1v) is 8.07. The second kappa shape index (κ2) is 4.76. The van der Waals surface area contributed by atoms with Crippen LogP contribution in [0.3, 0.4) is 0 Å². The summed E-state index contributed by atoms with van der Waals surface area (Å²) in [5, 5.41) is 0. The highest BCUT2D eigenvalue weighted by atomic mass is 14.9. The molecule has 2 heterocycles. The van der Waals surface area contributed by atoms with Gasteiger partial charge in [-0.25, -0.2) is 4.57 Å². The molecule has 0 saturated heterocycles. The Hall–Kier alpha value is -2.48. The van der Waals surface area contributed by atoms with Crippen LogP contribution in [-0.4, -0.2) is 4.98 Å². The van der Waals surface area contributed by atoms with Gasteiger partial charge in [0.05, 0.1) is 11.3 Å². The van der Waals surface area contributed by atoms with Gasteiger partial charge in [0.2, 0.25) is 5.69 Å². The van der Waals surface area contributed by atoms with Crippen molar-refractivity contribution in [3.05, 3.63) is 71.5 Å². The molecule has 0 amide bonds. The molecule has 4 rings (SSSR count). The molecule has 0 aliphatic heterocycles. The first-order chi connectivity index (χ1) is 11.0. The Morgan fingerprint density at radius 1 is 1.00 bits per heavy atom. The van der Waals surface area contributed by atoms with Crippen molar-refractivity contribution in [1.82, 2.24) is 4.98 Å². The maximum Gasteiger partial charge on any atom is 0.212 e. The Kier molecular flexibility index (Phi) is 2.92. The molecule has 3 aromatic rings. The van der Waals surface area contributed by atoms with E-state index in [0.717, 1.165) is 5.69 Å². The van der Waals surface area contributed by atoms with E-state index in [1.807, 2.05) is 12.3 Å². The topological polar surface area (TPSA) is 16.8 Å². The van der Waals surface area contributed by atoms with Crippen LogP contribution < -0.4 is 4.57 Å². The first-order valence-electron chi connectivity index (χ1n) is 8.07. The summed E-state index contributed by atoms with van der Waals surface area (Å²) in [5.74, 6) is 0. The van der Waals surface area contributed by atoms with Gasteiger partial charge in [-0.2, -0.15) is 0 Å². The highest BCUT2D eigenvalue weighted by molar-refractivity contribution is 5.86. The van der Waals surface area contributed by atoms with E-state index in [1.54, 1.807) is 0 Å². The van der Waals surface area contributed by atoms with Gasteiger partial charge in [-0.1, -0.05) is 32.0 Å². The Morgan fingerprint density at radius 2 is 1.83 bits per heavy atom. The predicted molar refractivity (Wildman–Crippen MR) is 93.2 cm³/mol. The van der Waals surface area contributed by atoms with Crippen LogP contribution >= 0.6 is 0 Å². The van der Waals surface area contributed by atoms with Crippen molar-refractivity contribution in [3.8, 4) is 22.5 Å². The summed E-state index contributed by atoms with van der Waals surface area (Å²) in [6.07, 6.45) is 4.01. The van der Waals surface area contributed by atoms with E-state index in [4.69, 9.17) is 0 Å². The molecule has 0 radical (unpaired) electrons. The lowest BCUT2D eigenvalue weighted by Gasteiger charge is -2.24. The molecule has 1 aliphatic rings. The van der Waals surface area contributed by atoms with Crippen molar-refractivity contribution in [3.63, 3.8) is 0 Å². The summed E-state index contributed by atoms with van der Waals surface area (Å²) < 4.78 is 2.20. The van der Waals surface area contributed by atoms with E-state index < -0.39 is 0 Å². The molecule has 0 N–H and O–H groups in total. The van der Waals surface area contributed by atoms with Crippen LogP contribution in [0.2, 0.25) is 0 Å². The number of rotatable bonds is 1. The largest absolute Gasteiger partial charge is 0.256 e. The number of hydrogen-bond donors (Lipinski definition) is 0. The molecule has 2 nitrogen and oxygen atoms in total. The van der Waals surface area contributed by atoms with Crippen LogP contribution in [0.4, 0.5) is 0 Å². The number of fused-ring (bicyclic) bond motifs is 3. The third kappa shape index (κ3) is 1.88. The van der Waals surface area contributed by atoms with Gasteiger partial charge in [0.1, 0.15) is 7.05 Å². The fourth-order valence-corrected chi connectivity index (χ4v) is 3.93. The Bertz CT molecular complexity index is 923. The van der Waals surface area contributed by atoms with Crippen LogP contribution in [0.5, 0.6) is 0 Å². The van der Waals surface area contributed by atoms with Crippen LogP contribution in [0.25, 0.3) is 22.5 Å². The zero-order chi connectivity index (χ0) is 16.2. The van der Waals surface area contributed by atoms with Gasteiger partial charge >= 0.3 is 0 Å². The Labute approximate surface area is 137 Å². The van der Waals surface area contributed by atoms with E-state index in [-0.39, 0.29) is 5.41 Å². The van der Waals surface area contributed by atoms with Gasteiger partial charge in [0.25, 0.3) is 0 Å². The maximum absolute atomic E-state index is 4.68. The summed E-state index contributed by atoms with van der Waals surface area (Å²) in [7, 11) is 2.11. The van der Waals surface area contributed by atoms with Gasteiger partial charge in [0, 0.05) is 29.3 Å². The van der Waals surface area contributed by atoms with Crippen LogP contribution in [0.1, 0.15) is 30.5 Å². The molecule has 1 aromatic carbocycles. The molecule has 0 spiro atoms. The van der Waals surface area contributed by atoms with Gasteiger partial charge in [-0.05, 0) is 35.7 Å². The van der Waals surface area contributed by atoms with Crippen molar-refractivity contribution < 1.29 is 4.57 Å². The van der Waals surface area contributed by atoms with Crippen molar-refractivity contribution >= 4 is 0 Å². The molecule has 0 saturated carbocycles. The highest BCUT2D eigenvalue weighted by Crippen LogP contribution is 2.51. The molecular formula is C21H21N2+. The van der Waals surface area contributed by atoms with E-state index in [0.29, 0.717) is 0 Å². The van der Waals surface area contributed by atoms with Crippen LogP contribution in [0, 0.1) is 6.92 Å². The number of benzene rings is 1. The number of nitrogens with zero attached hydrogens (tertiary/aromatic N) is 2. The van der Waals surface area contributed by atoms with E-state index in [9.17, 15) is 0 Å². The minimum atomic E-state index is -0.0386. The first kappa shape index (κ1) is 14.1. The smallest absolute Gasteiger partial charge is 0.212 e. The van der Waals surface area contributed by atoms with Crippen molar-refractivity contribution in [1.29, 1.82) is 0 Å². The summed E-state index contributed by atoms with van der Waals surface area (Å²) in [5.41, 5.74) is 8.99. The molecule has 0 bridgehead atoms. The molecule has 23 heavy (non-hydrogen) atoms. The molecule has 114 valence electrons. The van der Waals surface area contributed by atoms with E-state index >= 15 is 0 Å². The number of pyridine rings is 2. The van der Waals surface area contributed by atoms with Gasteiger partial charge in [0.15, 0.2) is 6.20 Å². The summed E-state index contributed by atoms with van der Waals surface area (Å²) in [6, 6.07) is 15.1.